The SMILES string of the molecule is CC(CO)c1cccc2oc(=O)sc12. The van der Waals surface area contributed by atoms with E-state index < -0.39 is 0 Å². The molecule has 0 saturated carbocycles. The van der Waals surface area contributed by atoms with Crippen LogP contribution in [0, 0.1) is 0 Å². The molecule has 0 amide bonds. The van der Waals surface area contributed by atoms with Crippen LogP contribution in [0.5, 0.6) is 0 Å². The van der Waals surface area contributed by atoms with Gasteiger partial charge >= 0.3 is 4.94 Å². The molecule has 1 heterocycles. The highest BCUT2D eigenvalue weighted by molar-refractivity contribution is 7.16. The van der Waals surface area contributed by atoms with E-state index in [1.165, 1.54) is 0 Å². The van der Waals surface area contributed by atoms with Gasteiger partial charge in [0.15, 0.2) is 0 Å². The minimum Gasteiger partial charge on any atom is -0.414 e. The van der Waals surface area contributed by atoms with E-state index in [2.05, 4.69) is 0 Å². The molecule has 1 aromatic carbocycles. The van der Waals surface area contributed by atoms with Crippen molar-refractivity contribution in [2.24, 2.45) is 0 Å². The lowest BCUT2D eigenvalue weighted by Crippen LogP contribution is -1.98. The van der Waals surface area contributed by atoms with Gasteiger partial charge in [-0.25, -0.2) is 4.79 Å². The minimum absolute atomic E-state index is 0.0342. The van der Waals surface area contributed by atoms with Crippen LogP contribution < -0.4 is 4.94 Å². The first-order valence-corrected chi connectivity index (χ1v) is 5.17. The molecule has 0 bridgehead atoms. The maximum Gasteiger partial charge on any atom is 0.396 e. The van der Waals surface area contributed by atoms with Crippen molar-refractivity contribution in [2.75, 3.05) is 6.61 Å². The summed E-state index contributed by atoms with van der Waals surface area (Å²) in [6, 6.07) is 5.51. The molecule has 1 aromatic heterocycles. The van der Waals surface area contributed by atoms with Gasteiger partial charge in [0.05, 0.1) is 4.70 Å². The number of aliphatic hydroxyl groups excluding tert-OH is 1. The van der Waals surface area contributed by atoms with Crippen molar-refractivity contribution in [1.82, 2.24) is 0 Å². The van der Waals surface area contributed by atoms with Crippen molar-refractivity contribution in [2.45, 2.75) is 12.8 Å². The molecular weight excluding hydrogens is 200 g/mol. The Morgan fingerprint density at radius 1 is 1.57 bits per heavy atom. The largest absolute Gasteiger partial charge is 0.414 e. The van der Waals surface area contributed by atoms with Crippen LogP contribution in [0.1, 0.15) is 18.4 Å². The third kappa shape index (κ3) is 1.47. The molecule has 0 spiro atoms. The van der Waals surface area contributed by atoms with Gasteiger partial charge in [0.25, 0.3) is 0 Å². The van der Waals surface area contributed by atoms with Gasteiger partial charge in [-0.3, -0.25) is 0 Å². The Bertz CT molecular complexity index is 497. The average molecular weight is 210 g/mol. The molecule has 14 heavy (non-hydrogen) atoms. The van der Waals surface area contributed by atoms with Crippen LogP contribution in [0.3, 0.4) is 0 Å². The molecule has 4 heteroatoms. The van der Waals surface area contributed by atoms with Crippen molar-refractivity contribution in [3.63, 3.8) is 0 Å². The predicted octanol–water partition coefficient (Wildman–Crippen LogP) is 1.95. The molecule has 1 N–H and O–H groups in total. The average Bonchev–Trinajstić information content (AvgIpc) is 2.56. The monoisotopic (exact) mass is 210 g/mol. The highest BCUT2D eigenvalue weighted by Gasteiger charge is 2.11. The molecule has 74 valence electrons. The molecule has 2 aromatic rings. The minimum atomic E-state index is -0.294. The standard InChI is InChI=1S/C10H10O3S/c1-6(5-11)7-3-2-4-8-9(7)14-10(12)13-8/h2-4,6,11H,5H2,1H3. The van der Waals surface area contributed by atoms with Crippen molar-refractivity contribution in [1.29, 1.82) is 0 Å². The van der Waals surface area contributed by atoms with E-state index in [-0.39, 0.29) is 17.5 Å². The molecule has 2 rings (SSSR count). The van der Waals surface area contributed by atoms with Crippen LogP contribution in [0.25, 0.3) is 10.3 Å². The van der Waals surface area contributed by atoms with Crippen molar-refractivity contribution in [3.8, 4) is 0 Å². The number of fused-ring (bicyclic) bond motifs is 1. The van der Waals surface area contributed by atoms with Gasteiger partial charge < -0.3 is 9.52 Å². The highest BCUT2D eigenvalue weighted by Crippen LogP contribution is 2.27. The highest BCUT2D eigenvalue weighted by atomic mass is 32.1. The van der Waals surface area contributed by atoms with E-state index in [0.717, 1.165) is 21.6 Å². The molecule has 1 unspecified atom stereocenters. The number of aliphatic hydroxyl groups is 1. The van der Waals surface area contributed by atoms with E-state index >= 15 is 0 Å². The second kappa shape index (κ2) is 3.55. The first-order valence-electron chi connectivity index (χ1n) is 4.36. The van der Waals surface area contributed by atoms with Crippen LogP contribution >= 0.6 is 11.3 Å². The van der Waals surface area contributed by atoms with Crippen LogP contribution in [-0.2, 0) is 0 Å². The van der Waals surface area contributed by atoms with Crippen LogP contribution in [0.2, 0.25) is 0 Å². The maximum atomic E-state index is 11.0. The Balaban J connectivity index is 2.70. The zero-order valence-electron chi connectivity index (χ0n) is 7.69. The lowest BCUT2D eigenvalue weighted by atomic mass is 10.0. The first kappa shape index (κ1) is 9.43. The third-order valence-electron chi connectivity index (χ3n) is 2.19. The fourth-order valence-electron chi connectivity index (χ4n) is 1.40. The predicted molar refractivity (Wildman–Crippen MR) is 55.9 cm³/mol. The maximum absolute atomic E-state index is 11.0. The Labute approximate surface area is 84.6 Å². The van der Waals surface area contributed by atoms with E-state index in [1.54, 1.807) is 6.07 Å². The van der Waals surface area contributed by atoms with Gasteiger partial charge in [-0.15, -0.1) is 0 Å². The van der Waals surface area contributed by atoms with E-state index in [9.17, 15) is 4.79 Å². The second-order valence-corrected chi connectivity index (χ2v) is 4.16. The quantitative estimate of drug-likeness (QED) is 0.824. The Morgan fingerprint density at radius 3 is 3.07 bits per heavy atom. The van der Waals surface area contributed by atoms with Crippen LogP contribution in [0.15, 0.2) is 27.4 Å². The molecular formula is C10H10O3S. The fourth-order valence-corrected chi connectivity index (χ4v) is 2.30. The van der Waals surface area contributed by atoms with Crippen molar-refractivity contribution in [3.05, 3.63) is 33.5 Å². The molecule has 0 radical (unpaired) electrons. The summed E-state index contributed by atoms with van der Waals surface area (Å²) in [7, 11) is 0. The Morgan fingerprint density at radius 2 is 2.36 bits per heavy atom. The smallest absolute Gasteiger partial charge is 0.396 e. The summed E-state index contributed by atoms with van der Waals surface area (Å²) in [5.41, 5.74) is 1.58. The Hall–Kier alpha value is -1.13. The second-order valence-electron chi connectivity index (χ2n) is 3.21. The summed E-state index contributed by atoms with van der Waals surface area (Å²) in [6.07, 6.45) is 0. The Kier molecular flexibility index (Phi) is 2.39. The summed E-state index contributed by atoms with van der Waals surface area (Å²) in [4.78, 5) is 10.7. The lowest BCUT2D eigenvalue weighted by Gasteiger charge is -2.07. The van der Waals surface area contributed by atoms with E-state index in [4.69, 9.17) is 9.52 Å². The summed E-state index contributed by atoms with van der Waals surface area (Å²) in [6.45, 7) is 1.99. The fraction of sp³-hybridized carbons (Fsp3) is 0.300. The molecule has 0 fully saturated rings. The van der Waals surface area contributed by atoms with Gasteiger partial charge in [-0.2, -0.15) is 0 Å². The number of benzene rings is 1. The van der Waals surface area contributed by atoms with Gasteiger partial charge in [-0.05, 0) is 11.6 Å². The van der Waals surface area contributed by atoms with Gasteiger partial charge in [-0.1, -0.05) is 30.4 Å². The molecule has 0 saturated heterocycles. The topological polar surface area (TPSA) is 50.4 Å². The normalized spacial score (nSPS) is 13.3. The molecule has 1 atom stereocenters. The molecule has 0 aliphatic rings. The summed E-state index contributed by atoms with van der Waals surface area (Å²) in [5.74, 6) is 0.0342. The molecule has 0 aliphatic heterocycles. The van der Waals surface area contributed by atoms with Crippen molar-refractivity contribution >= 4 is 21.6 Å². The van der Waals surface area contributed by atoms with E-state index in [0.29, 0.717) is 5.58 Å². The van der Waals surface area contributed by atoms with Gasteiger partial charge in [0.1, 0.15) is 5.58 Å². The molecule has 0 aliphatic carbocycles. The van der Waals surface area contributed by atoms with Gasteiger partial charge in [0.2, 0.25) is 0 Å². The number of rotatable bonds is 2. The summed E-state index contributed by atoms with van der Waals surface area (Å²) in [5, 5.41) is 9.05. The number of hydrogen-bond acceptors (Lipinski definition) is 4. The zero-order chi connectivity index (χ0) is 10.1. The van der Waals surface area contributed by atoms with Gasteiger partial charge in [0, 0.05) is 12.5 Å². The summed E-state index contributed by atoms with van der Waals surface area (Å²) >= 11 is 1.09. The first-order chi connectivity index (χ1) is 6.72. The number of hydrogen-bond donors (Lipinski definition) is 1. The van der Waals surface area contributed by atoms with Crippen LogP contribution in [0.4, 0.5) is 0 Å². The lowest BCUT2D eigenvalue weighted by molar-refractivity contribution is 0.273. The van der Waals surface area contributed by atoms with E-state index in [1.807, 2.05) is 19.1 Å². The van der Waals surface area contributed by atoms with Crippen LogP contribution in [-0.4, -0.2) is 11.7 Å². The zero-order valence-corrected chi connectivity index (χ0v) is 8.50. The summed E-state index contributed by atoms with van der Waals surface area (Å²) < 4.78 is 5.83. The third-order valence-corrected chi connectivity index (χ3v) is 3.08. The van der Waals surface area contributed by atoms with Crippen molar-refractivity contribution < 1.29 is 9.52 Å². The molecule has 3 nitrogen and oxygen atoms in total.